The Kier molecular flexibility index (Phi) is 9.00. The molecule has 7 nitrogen and oxygen atoms in total. The molecule has 0 aliphatic rings. The zero-order valence-electron chi connectivity index (χ0n) is 14.4. The summed E-state index contributed by atoms with van der Waals surface area (Å²) in [5.41, 5.74) is 6.85. The minimum atomic E-state index is -3.33. The highest BCUT2D eigenvalue weighted by molar-refractivity contribution is 7.92. The summed E-state index contributed by atoms with van der Waals surface area (Å²) in [4.78, 5) is 16.4. The number of anilines is 2. The SMILES string of the molecule is CCCCS(=O)(=O)Nc1ccc(NC(=O)c2csc(CCN)n2)cc1.Cl. The minimum absolute atomic E-state index is 0. The van der Waals surface area contributed by atoms with Crippen molar-refractivity contribution < 1.29 is 13.2 Å². The van der Waals surface area contributed by atoms with E-state index in [9.17, 15) is 13.2 Å². The van der Waals surface area contributed by atoms with Crippen LogP contribution in [0.3, 0.4) is 0 Å². The third-order valence-corrected chi connectivity index (χ3v) is 5.61. The van der Waals surface area contributed by atoms with E-state index in [2.05, 4.69) is 15.0 Å². The molecule has 1 amide bonds. The predicted molar refractivity (Wildman–Crippen MR) is 109 cm³/mol. The van der Waals surface area contributed by atoms with Crippen molar-refractivity contribution in [1.82, 2.24) is 4.98 Å². The molecule has 1 aromatic heterocycles. The number of nitrogens with zero attached hydrogens (tertiary/aromatic N) is 1. The van der Waals surface area contributed by atoms with Gasteiger partial charge in [0.05, 0.1) is 10.8 Å². The molecule has 0 saturated carbocycles. The molecule has 1 heterocycles. The number of carbonyl (C=O) groups is 1. The van der Waals surface area contributed by atoms with E-state index in [0.717, 1.165) is 11.4 Å². The number of nitrogens with one attached hydrogen (secondary N) is 2. The van der Waals surface area contributed by atoms with Crippen LogP contribution in [0.5, 0.6) is 0 Å². The zero-order chi connectivity index (χ0) is 18.3. The fourth-order valence-electron chi connectivity index (χ4n) is 2.04. The largest absolute Gasteiger partial charge is 0.330 e. The lowest BCUT2D eigenvalue weighted by Crippen LogP contribution is -2.16. The molecular weight excluding hydrogens is 396 g/mol. The lowest BCUT2D eigenvalue weighted by Gasteiger charge is -2.09. The van der Waals surface area contributed by atoms with Gasteiger partial charge in [0, 0.05) is 23.2 Å². The average molecular weight is 419 g/mol. The smallest absolute Gasteiger partial charge is 0.275 e. The van der Waals surface area contributed by atoms with Crippen molar-refractivity contribution in [3.05, 3.63) is 40.3 Å². The number of nitrogens with two attached hydrogens (primary N) is 1. The summed E-state index contributed by atoms with van der Waals surface area (Å²) < 4.78 is 26.3. The Morgan fingerprint density at radius 3 is 2.50 bits per heavy atom. The molecular formula is C16H23ClN4O3S2. The molecule has 2 rings (SSSR count). The summed E-state index contributed by atoms with van der Waals surface area (Å²) in [6.45, 7) is 2.43. The van der Waals surface area contributed by atoms with Gasteiger partial charge in [0.2, 0.25) is 10.0 Å². The highest BCUT2D eigenvalue weighted by Gasteiger charge is 2.12. The van der Waals surface area contributed by atoms with Crippen LogP contribution in [0.25, 0.3) is 0 Å². The molecule has 26 heavy (non-hydrogen) atoms. The Hall–Kier alpha value is -1.68. The number of aromatic nitrogens is 1. The number of halogens is 1. The maximum absolute atomic E-state index is 12.2. The van der Waals surface area contributed by atoms with Gasteiger partial charge in [0.15, 0.2) is 0 Å². The maximum atomic E-state index is 12.2. The molecule has 0 atom stereocenters. The van der Waals surface area contributed by atoms with E-state index in [0.29, 0.717) is 36.5 Å². The third kappa shape index (κ3) is 6.91. The number of amides is 1. The predicted octanol–water partition coefficient (Wildman–Crippen LogP) is 2.86. The van der Waals surface area contributed by atoms with Crippen LogP contribution in [0.4, 0.5) is 11.4 Å². The van der Waals surface area contributed by atoms with Crippen LogP contribution >= 0.6 is 23.7 Å². The molecule has 0 radical (unpaired) electrons. The fraction of sp³-hybridized carbons (Fsp3) is 0.375. The van der Waals surface area contributed by atoms with Gasteiger partial charge in [-0.3, -0.25) is 9.52 Å². The molecule has 0 fully saturated rings. The van der Waals surface area contributed by atoms with Crippen LogP contribution in [0.1, 0.15) is 35.3 Å². The number of thiazole rings is 1. The van der Waals surface area contributed by atoms with Crippen molar-refractivity contribution in [2.24, 2.45) is 5.73 Å². The van der Waals surface area contributed by atoms with Gasteiger partial charge in [0.1, 0.15) is 5.69 Å². The first-order valence-electron chi connectivity index (χ1n) is 8.00. The van der Waals surface area contributed by atoms with Gasteiger partial charge >= 0.3 is 0 Å². The first-order chi connectivity index (χ1) is 11.9. The van der Waals surface area contributed by atoms with Crippen LogP contribution in [0, 0.1) is 0 Å². The van der Waals surface area contributed by atoms with E-state index in [1.807, 2.05) is 6.92 Å². The Morgan fingerprint density at radius 2 is 1.88 bits per heavy atom. The molecule has 4 N–H and O–H groups in total. The van der Waals surface area contributed by atoms with Crippen molar-refractivity contribution >= 4 is 51.0 Å². The van der Waals surface area contributed by atoms with Gasteiger partial charge < -0.3 is 11.1 Å². The quantitative estimate of drug-likeness (QED) is 0.579. The van der Waals surface area contributed by atoms with E-state index < -0.39 is 10.0 Å². The summed E-state index contributed by atoms with van der Waals surface area (Å²) in [7, 11) is -3.33. The van der Waals surface area contributed by atoms with Crippen molar-refractivity contribution in [3.63, 3.8) is 0 Å². The molecule has 1 aromatic carbocycles. The fourth-order valence-corrected chi connectivity index (χ4v) is 4.10. The lowest BCUT2D eigenvalue weighted by molar-refractivity contribution is 0.102. The van der Waals surface area contributed by atoms with Gasteiger partial charge in [0.25, 0.3) is 5.91 Å². The van der Waals surface area contributed by atoms with Gasteiger partial charge in [-0.05, 0) is 37.2 Å². The van der Waals surface area contributed by atoms with Gasteiger partial charge in [-0.15, -0.1) is 23.7 Å². The first kappa shape index (κ1) is 22.4. The molecule has 0 aliphatic carbocycles. The number of benzene rings is 1. The van der Waals surface area contributed by atoms with E-state index in [-0.39, 0.29) is 24.1 Å². The van der Waals surface area contributed by atoms with Crippen LogP contribution in [0.2, 0.25) is 0 Å². The van der Waals surface area contributed by atoms with E-state index in [1.54, 1.807) is 29.6 Å². The summed E-state index contributed by atoms with van der Waals surface area (Å²) in [6.07, 6.45) is 2.07. The number of unbranched alkanes of at least 4 members (excludes halogenated alkanes) is 1. The van der Waals surface area contributed by atoms with Crippen LogP contribution in [-0.4, -0.2) is 31.6 Å². The molecule has 144 valence electrons. The van der Waals surface area contributed by atoms with Crippen molar-refractivity contribution in [2.75, 3.05) is 22.3 Å². The number of carbonyl (C=O) groups excluding carboxylic acids is 1. The normalized spacial score (nSPS) is 10.8. The lowest BCUT2D eigenvalue weighted by atomic mass is 10.3. The Balaban J connectivity index is 0.00000338. The van der Waals surface area contributed by atoms with E-state index in [1.165, 1.54) is 11.3 Å². The molecule has 0 aliphatic heterocycles. The number of sulfonamides is 1. The van der Waals surface area contributed by atoms with Gasteiger partial charge in [-0.1, -0.05) is 13.3 Å². The topological polar surface area (TPSA) is 114 Å². The number of hydrogen-bond acceptors (Lipinski definition) is 6. The monoisotopic (exact) mass is 418 g/mol. The first-order valence-corrected chi connectivity index (χ1v) is 10.5. The van der Waals surface area contributed by atoms with Crippen molar-refractivity contribution in [3.8, 4) is 0 Å². The molecule has 10 heteroatoms. The molecule has 0 unspecified atom stereocenters. The van der Waals surface area contributed by atoms with Crippen molar-refractivity contribution in [1.29, 1.82) is 0 Å². The summed E-state index contributed by atoms with van der Waals surface area (Å²) >= 11 is 1.40. The second kappa shape index (κ2) is 10.5. The molecule has 0 saturated heterocycles. The summed E-state index contributed by atoms with van der Waals surface area (Å²) in [6, 6.07) is 6.51. The second-order valence-electron chi connectivity index (χ2n) is 5.47. The number of hydrogen-bond donors (Lipinski definition) is 3. The standard InChI is InChI=1S/C16H22N4O3S2.ClH/c1-2-3-10-25(22,23)20-13-6-4-12(5-7-13)18-16(21)14-11-24-15(19-14)8-9-17;/h4-7,11,20H,2-3,8-10,17H2,1H3,(H,18,21);1H. The maximum Gasteiger partial charge on any atom is 0.275 e. The minimum Gasteiger partial charge on any atom is -0.330 e. The average Bonchev–Trinajstić information content (AvgIpc) is 3.04. The van der Waals surface area contributed by atoms with Crippen molar-refractivity contribution in [2.45, 2.75) is 26.2 Å². The molecule has 0 spiro atoms. The third-order valence-electron chi connectivity index (χ3n) is 3.33. The van der Waals surface area contributed by atoms with E-state index >= 15 is 0 Å². The van der Waals surface area contributed by atoms with E-state index in [4.69, 9.17) is 5.73 Å². The summed E-state index contributed by atoms with van der Waals surface area (Å²) in [5.74, 6) is -0.215. The Labute approximate surface area is 163 Å². The molecule has 0 bridgehead atoms. The zero-order valence-corrected chi connectivity index (χ0v) is 16.8. The summed E-state index contributed by atoms with van der Waals surface area (Å²) in [5, 5.41) is 5.25. The Bertz CT molecular complexity index is 807. The van der Waals surface area contributed by atoms with Gasteiger partial charge in [-0.2, -0.15) is 0 Å². The number of rotatable bonds is 9. The highest BCUT2D eigenvalue weighted by atomic mass is 35.5. The second-order valence-corrected chi connectivity index (χ2v) is 8.26. The van der Waals surface area contributed by atoms with Crippen LogP contribution in [-0.2, 0) is 16.4 Å². The van der Waals surface area contributed by atoms with Gasteiger partial charge in [-0.25, -0.2) is 13.4 Å². The molecule has 2 aromatic rings. The highest BCUT2D eigenvalue weighted by Crippen LogP contribution is 2.17. The Morgan fingerprint density at radius 1 is 1.23 bits per heavy atom. The van der Waals surface area contributed by atoms with Crippen LogP contribution < -0.4 is 15.8 Å². The van der Waals surface area contributed by atoms with Crippen LogP contribution in [0.15, 0.2) is 29.6 Å².